The Balaban J connectivity index is 2.00. The predicted octanol–water partition coefficient (Wildman–Crippen LogP) is 3.95. The molecule has 0 unspecified atom stereocenters. The standard InChI is InChI=1S/C15H9NO3/c17-9-5-6-13-10(7-9)11(8-18-13)15-16-12-3-1-2-4-14(12)19-15/h1-8,17H. The molecule has 0 aliphatic heterocycles. The maximum absolute atomic E-state index is 9.57. The van der Waals surface area contributed by atoms with Crippen LogP contribution in [0.3, 0.4) is 0 Å². The summed E-state index contributed by atoms with van der Waals surface area (Å²) in [6, 6.07) is 12.5. The van der Waals surface area contributed by atoms with Gasteiger partial charge in [-0.1, -0.05) is 12.1 Å². The first-order valence-corrected chi connectivity index (χ1v) is 5.87. The smallest absolute Gasteiger partial charge is 0.231 e. The lowest BCUT2D eigenvalue weighted by Gasteiger charge is -1.93. The van der Waals surface area contributed by atoms with Crippen molar-refractivity contribution in [3.8, 4) is 17.2 Å². The molecule has 0 aliphatic carbocycles. The molecule has 0 fully saturated rings. The van der Waals surface area contributed by atoms with Crippen LogP contribution < -0.4 is 0 Å². The van der Waals surface area contributed by atoms with Crippen molar-refractivity contribution in [3.05, 3.63) is 48.7 Å². The maximum atomic E-state index is 9.57. The minimum atomic E-state index is 0.186. The molecule has 4 rings (SSSR count). The molecule has 4 heteroatoms. The molecule has 2 heterocycles. The fourth-order valence-corrected chi connectivity index (χ4v) is 2.17. The van der Waals surface area contributed by atoms with Crippen molar-refractivity contribution < 1.29 is 13.9 Å². The number of benzene rings is 2. The Bertz CT molecular complexity index is 856. The van der Waals surface area contributed by atoms with Crippen LogP contribution in [0.25, 0.3) is 33.5 Å². The Hall–Kier alpha value is -2.75. The van der Waals surface area contributed by atoms with E-state index in [1.165, 1.54) is 0 Å². The van der Waals surface area contributed by atoms with Gasteiger partial charge in [0.2, 0.25) is 5.89 Å². The van der Waals surface area contributed by atoms with E-state index in [1.807, 2.05) is 24.3 Å². The highest BCUT2D eigenvalue weighted by atomic mass is 16.4. The third-order valence-corrected chi connectivity index (χ3v) is 3.08. The maximum Gasteiger partial charge on any atom is 0.231 e. The summed E-state index contributed by atoms with van der Waals surface area (Å²) in [5.74, 6) is 0.678. The molecule has 0 saturated heterocycles. The molecule has 0 amide bonds. The number of phenolic OH excluding ortho intramolecular Hbond substituents is 1. The highest BCUT2D eigenvalue weighted by molar-refractivity contribution is 5.93. The molecule has 0 atom stereocenters. The van der Waals surface area contributed by atoms with Gasteiger partial charge in [-0.2, -0.15) is 0 Å². The summed E-state index contributed by atoms with van der Waals surface area (Å²) in [5.41, 5.74) is 2.95. The van der Waals surface area contributed by atoms with E-state index in [9.17, 15) is 5.11 Å². The summed E-state index contributed by atoms with van der Waals surface area (Å²) in [7, 11) is 0. The van der Waals surface area contributed by atoms with Gasteiger partial charge in [-0.3, -0.25) is 0 Å². The normalized spacial score (nSPS) is 11.4. The summed E-state index contributed by atoms with van der Waals surface area (Å²) < 4.78 is 11.2. The summed E-state index contributed by atoms with van der Waals surface area (Å²) in [5, 5.41) is 10.4. The average molecular weight is 251 g/mol. The fourth-order valence-electron chi connectivity index (χ4n) is 2.17. The lowest BCUT2D eigenvalue weighted by atomic mass is 10.1. The van der Waals surface area contributed by atoms with Crippen molar-refractivity contribution >= 4 is 22.1 Å². The van der Waals surface area contributed by atoms with Gasteiger partial charge in [0.15, 0.2) is 5.58 Å². The molecule has 0 saturated carbocycles. The fraction of sp³-hybridized carbons (Fsp3) is 0. The molecular weight excluding hydrogens is 242 g/mol. The van der Waals surface area contributed by atoms with Crippen molar-refractivity contribution in [2.45, 2.75) is 0 Å². The van der Waals surface area contributed by atoms with Crippen molar-refractivity contribution in [1.82, 2.24) is 4.98 Å². The molecule has 4 aromatic rings. The molecule has 1 N–H and O–H groups in total. The summed E-state index contributed by atoms with van der Waals surface area (Å²) in [4.78, 5) is 4.43. The van der Waals surface area contributed by atoms with E-state index in [0.29, 0.717) is 11.5 Å². The molecule has 0 bridgehead atoms. The van der Waals surface area contributed by atoms with Crippen LogP contribution in [-0.4, -0.2) is 10.1 Å². The highest BCUT2D eigenvalue weighted by Gasteiger charge is 2.14. The van der Waals surface area contributed by atoms with Crippen LogP contribution in [0, 0.1) is 0 Å². The zero-order valence-electron chi connectivity index (χ0n) is 9.83. The summed E-state index contributed by atoms with van der Waals surface area (Å²) in [6.45, 7) is 0. The van der Waals surface area contributed by atoms with Crippen LogP contribution in [0.15, 0.2) is 57.6 Å². The van der Waals surface area contributed by atoms with E-state index in [2.05, 4.69) is 4.98 Å². The van der Waals surface area contributed by atoms with Gasteiger partial charge in [0.25, 0.3) is 0 Å². The SMILES string of the molecule is Oc1ccc2occ(-c3nc4ccccc4o3)c2c1. The first-order valence-electron chi connectivity index (χ1n) is 5.87. The first-order chi connectivity index (χ1) is 9.31. The summed E-state index contributed by atoms with van der Waals surface area (Å²) >= 11 is 0. The number of hydrogen-bond acceptors (Lipinski definition) is 4. The average Bonchev–Trinajstić information content (AvgIpc) is 3.00. The lowest BCUT2D eigenvalue weighted by Crippen LogP contribution is -1.74. The first kappa shape index (κ1) is 10.2. The molecular formula is C15H9NO3. The Labute approximate surface area is 107 Å². The van der Waals surface area contributed by atoms with Gasteiger partial charge in [0.05, 0.1) is 5.56 Å². The van der Waals surface area contributed by atoms with Gasteiger partial charge in [0.1, 0.15) is 23.1 Å². The lowest BCUT2D eigenvalue weighted by molar-refractivity contribution is 0.476. The van der Waals surface area contributed by atoms with Crippen LogP contribution in [0.2, 0.25) is 0 Å². The highest BCUT2D eigenvalue weighted by Crippen LogP contribution is 2.33. The van der Waals surface area contributed by atoms with Gasteiger partial charge >= 0.3 is 0 Å². The van der Waals surface area contributed by atoms with E-state index in [1.54, 1.807) is 24.5 Å². The molecule has 92 valence electrons. The second-order valence-electron chi connectivity index (χ2n) is 4.32. The van der Waals surface area contributed by atoms with Crippen LogP contribution >= 0.6 is 0 Å². The Kier molecular flexibility index (Phi) is 1.94. The number of aromatic nitrogens is 1. The minimum Gasteiger partial charge on any atom is -0.508 e. The molecule has 4 nitrogen and oxygen atoms in total. The van der Waals surface area contributed by atoms with Crippen molar-refractivity contribution in [3.63, 3.8) is 0 Å². The van der Waals surface area contributed by atoms with Crippen LogP contribution in [0.4, 0.5) is 0 Å². The molecule has 2 aromatic carbocycles. The number of aromatic hydroxyl groups is 1. The molecule has 2 aromatic heterocycles. The number of fused-ring (bicyclic) bond motifs is 2. The van der Waals surface area contributed by atoms with E-state index in [4.69, 9.17) is 8.83 Å². The van der Waals surface area contributed by atoms with Gasteiger partial charge in [-0.15, -0.1) is 0 Å². The third-order valence-electron chi connectivity index (χ3n) is 3.08. The number of oxazole rings is 1. The van der Waals surface area contributed by atoms with E-state index >= 15 is 0 Å². The number of nitrogens with zero attached hydrogens (tertiary/aromatic N) is 1. The second kappa shape index (κ2) is 3.62. The number of furan rings is 1. The minimum absolute atomic E-state index is 0.186. The summed E-state index contributed by atoms with van der Waals surface area (Å²) in [6.07, 6.45) is 1.59. The van der Waals surface area contributed by atoms with Crippen molar-refractivity contribution in [2.24, 2.45) is 0 Å². The molecule has 0 radical (unpaired) electrons. The van der Waals surface area contributed by atoms with E-state index in [0.717, 1.165) is 22.0 Å². The molecule has 0 aliphatic rings. The van der Waals surface area contributed by atoms with Gasteiger partial charge < -0.3 is 13.9 Å². The molecule has 19 heavy (non-hydrogen) atoms. The van der Waals surface area contributed by atoms with Crippen LogP contribution in [-0.2, 0) is 0 Å². The van der Waals surface area contributed by atoms with Crippen molar-refractivity contribution in [2.75, 3.05) is 0 Å². The number of rotatable bonds is 1. The topological polar surface area (TPSA) is 59.4 Å². The van der Waals surface area contributed by atoms with Gasteiger partial charge in [-0.25, -0.2) is 4.98 Å². The van der Waals surface area contributed by atoms with Gasteiger partial charge in [-0.05, 0) is 30.3 Å². The zero-order chi connectivity index (χ0) is 12.8. The zero-order valence-corrected chi connectivity index (χ0v) is 9.83. The number of para-hydroxylation sites is 2. The van der Waals surface area contributed by atoms with Gasteiger partial charge in [0, 0.05) is 5.39 Å². The van der Waals surface area contributed by atoms with E-state index in [-0.39, 0.29) is 5.75 Å². The number of phenols is 1. The third kappa shape index (κ3) is 1.50. The predicted molar refractivity (Wildman–Crippen MR) is 70.9 cm³/mol. The Morgan fingerprint density at radius 1 is 1.00 bits per heavy atom. The Morgan fingerprint density at radius 2 is 1.89 bits per heavy atom. The second-order valence-corrected chi connectivity index (χ2v) is 4.32. The van der Waals surface area contributed by atoms with E-state index < -0.39 is 0 Å². The quantitative estimate of drug-likeness (QED) is 0.556. The van der Waals surface area contributed by atoms with Crippen molar-refractivity contribution in [1.29, 1.82) is 0 Å². The monoisotopic (exact) mass is 251 g/mol. The number of hydrogen-bond donors (Lipinski definition) is 1. The van der Waals surface area contributed by atoms with Crippen LogP contribution in [0.5, 0.6) is 5.75 Å². The molecule has 0 spiro atoms. The largest absolute Gasteiger partial charge is 0.508 e. The van der Waals surface area contributed by atoms with Crippen LogP contribution in [0.1, 0.15) is 0 Å². The Morgan fingerprint density at radius 3 is 2.79 bits per heavy atom.